The predicted octanol–water partition coefficient (Wildman–Crippen LogP) is 3.41. The zero-order chi connectivity index (χ0) is 10.8. The Kier molecular flexibility index (Phi) is 3.15. The number of alkyl halides is 3. The lowest BCUT2D eigenvalue weighted by Gasteiger charge is -2.05. The molecule has 1 rings (SSSR count). The fourth-order valence-corrected chi connectivity index (χ4v) is 1.42. The monoisotopic (exact) mass is 224 g/mol. The van der Waals surface area contributed by atoms with Gasteiger partial charge in [0.15, 0.2) is 0 Å². The molecule has 0 bridgehead atoms. The average molecular weight is 224 g/mol. The van der Waals surface area contributed by atoms with Gasteiger partial charge in [-0.25, -0.2) is 0 Å². The van der Waals surface area contributed by atoms with E-state index in [0.29, 0.717) is 0 Å². The summed E-state index contributed by atoms with van der Waals surface area (Å²) in [5, 5.41) is 0. The van der Waals surface area contributed by atoms with E-state index in [9.17, 15) is 22.4 Å². The Bertz CT molecular complexity index is 347. The summed E-state index contributed by atoms with van der Waals surface area (Å²) in [5.74, 6) is 0. The van der Waals surface area contributed by atoms with E-state index in [2.05, 4.69) is 0 Å². The van der Waals surface area contributed by atoms with Gasteiger partial charge in [0.2, 0.25) is 0 Å². The standard InChI is InChI=1S/C8H4F4OS/c9-7(13)5-2-1-3-6(4-5)14-8(10,11)12/h1-4H. The molecule has 0 atom stereocenters. The fraction of sp³-hybridized carbons (Fsp3) is 0.125. The number of hydrogen-bond acceptors (Lipinski definition) is 2. The van der Waals surface area contributed by atoms with Crippen molar-refractivity contribution in [3.05, 3.63) is 29.8 Å². The summed E-state index contributed by atoms with van der Waals surface area (Å²) in [6.45, 7) is 0. The molecule has 0 unspecified atom stereocenters. The molecule has 0 radical (unpaired) electrons. The molecule has 1 aromatic rings. The molecule has 0 aliphatic rings. The normalized spacial score (nSPS) is 11.4. The summed E-state index contributed by atoms with van der Waals surface area (Å²) in [7, 11) is 0. The van der Waals surface area contributed by atoms with Crippen molar-refractivity contribution in [3.8, 4) is 0 Å². The second-order valence-corrected chi connectivity index (χ2v) is 3.49. The van der Waals surface area contributed by atoms with Crippen molar-refractivity contribution in [3.63, 3.8) is 0 Å². The smallest absolute Gasteiger partial charge is 0.255 e. The van der Waals surface area contributed by atoms with Crippen molar-refractivity contribution in [2.24, 2.45) is 0 Å². The first-order valence-electron chi connectivity index (χ1n) is 3.44. The molecule has 0 aliphatic heterocycles. The third-order valence-electron chi connectivity index (χ3n) is 1.29. The van der Waals surface area contributed by atoms with Crippen LogP contribution >= 0.6 is 11.8 Å². The van der Waals surface area contributed by atoms with Crippen molar-refractivity contribution in [1.82, 2.24) is 0 Å². The minimum atomic E-state index is -4.43. The predicted molar refractivity (Wildman–Crippen MR) is 43.8 cm³/mol. The first kappa shape index (κ1) is 11.0. The first-order chi connectivity index (χ1) is 6.38. The van der Waals surface area contributed by atoms with Gasteiger partial charge in [0.05, 0.1) is 5.56 Å². The lowest BCUT2D eigenvalue weighted by Crippen LogP contribution is -1.99. The van der Waals surface area contributed by atoms with Crippen molar-refractivity contribution < 1.29 is 22.4 Å². The fourth-order valence-electron chi connectivity index (χ4n) is 0.815. The van der Waals surface area contributed by atoms with E-state index in [0.717, 1.165) is 18.2 Å². The number of benzene rings is 1. The van der Waals surface area contributed by atoms with Gasteiger partial charge in [-0.3, -0.25) is 4.79 Å². The third-order valence-corrected chi connectivity index (χ3v) is 2.02. The molecule has 0 spiro atoms. The number of carbonyl (C=O) groups excluding carboxylic acids is 1. The number of carbonyl (C=O) groups is 1. The Hall–Kier alpha value is -1.04. The second-order valence-electron chi connectivity index (χ2n) is 2.35. The molecule has 14 heavy (non-hydrogen) atoms. The molecule has 1 nitrogen and oxygen atoms in total. The molecular formula is C8H4F4OS. The maximum Gasteiger partial charge on any atom is 0.446 e. The molecule has 0 heterocycles. The van der Waals surface area contributed by atoms with Crippen LogP contribution in [0.2, 0.25) is 0 Å². The molecule has 0 amide bonds. The van der Waals surface area contributed by atoms with Gasteiger partial charge >= 0.3 is 11.5 Å². The topological polar surface area (TPSA) is 17.1 Å². The van der Waals surface area contributed by atoms with E-state index in [1.54, 1.807) is 0 Å². The molecule has 0 saturated heterocycles. The summed E-state index contributed by atoms with van der Waals surface area (Å²) >= 11 is -0.387. The molecule has 0 fully saturated rings. The van der Waals surface area contributed by atoms with Crippen LogP contribution in [0.15, 0.2) is 29.2 Å². The van der Waals surface area contributed by atoms with Gasteiger partial charge in [0.1, 0.15) is 0 Å². The minimum Gasteiger partial charge on any atom is -0.255 e. The highest BCUT2D eigenvalue weighted by Gasteiger charge is 2.29. The summed E-state index contributed by atoms with van der Waals surface area (Å²) in [5.41, 5.74) is -4.81. The lowest BCUT2D eigenvalue weighted by atomic mass is 10.2. The van der Waals surface area contributed by atoms with E-state index in [-0.39, 0.29) is 22.2 Å². The SMILES string of the molecule is O=C(F)c1cccc(SC(F)(F)F)c1. The van der Waals surface area contributed by atoms with Gasteiger partial charge in [-0.1, -0.05) is 6.07 Å². The molecule has 0 aromatic heterocycles. The van der Waals surface area contributed by atoms with Crippen LogP contribution in [0.25, 0.3) is 0 Å². The van der Waals surface area contributed by atoms with E-state index < -0.39 is 11.5 Å². The quantitative estimate of drug-likeness (QED) is 0.435. The zero-order valence-corrected chi connectivity index (χ0v) is 7.45. The van der Waals surface area contributed by atoms with E-state index in [1.165, 1.54) is 6.07 Å². The molecule has 6 heteroatoms. The third kappa shape index (κ3) is 3.37. The average Bonchev–Trinajstić information content (AvgIpc) is 2.01. The molecule has 76 valence electrons. The van der Waals surface area contributed by atoms with Crippen molar-refractivity contribution in [1.29, 1.82) is 0 Å². The number of halogens is 4. The van der Waals surface area contributed by atoms with Gasteiger partial charge < -0.3 is 0 Å². The number of thioether (sulfide) groups is 1. The molecule has 0 aliphatic carbocycles. The molecule has 1 aromatic carbocycles. The van der Waals surface area contributed by atoms with Crippen molar-refractivity contribution in [2.75, 3.05) is 0 Å². The van der Waals surface area contributed by atoms with Crippen LogP contribution in [-0.4, -0.2) is 11.5 Å². The Morgan fingerprint density at radius 3 is 2.43 bits per heavy atom. The van der Waals surface area contributed by atoms with Crippen LogP contribution in [0.5, 0.6) is 0 Å². The van der Waals surface area contributed by atoms with Crippen LogP contribution in [0.3, 0.4) is 0 Å². The first-order valence-corrected chi connectivity index (χ1v) is 4.26. The van der Waals surface area contributed by atoms with Gasteiger partial charge in [-0.15, -0.1) is 0 Å². The minimum absolute atomic E-state index is 0.207. The van der Waals surface area contributed by atoms with Crippen LogP contribution < -0.4 is 0 Å². The van der Waals surface area contributed by atoms with Crippen LogP contribution in [0, 0.1) is 0 Å². The summed E-state index contributed by atoms with van der Waals surface area (Å²) in [6, 6.07) is 2.59. The van der Waals surface area contributed by atoms with Crippen molar-refractivity contribution in [2.45, 2.75) is 10.4 Å². The Morgan fingerprint density at radius 1 is 1.29 bits per heavy atom. The lowest BCUT2D eigenvalue weighted by molar-refractivity contribution is -0.0328. The van der Waals surface area contributed by atoms with Gasteiger partial charge in [0.25, 0.3) is 0 Å². The van der Waals surface area contributed by atoms with Crippen LogP contribution in [0.4, 0.5) is 17.6 Å². The van der Waals surface area contributed by atoms with Crippen LogP contribution in [0.1, 0.15) is 10.4 Å². The maximum absolute atomic E-state index is 12.1. The van der Waals surface area contributed by atoms with E-state index in [4.69, 9.17) is 0 Å². The van der Waals surface area contributed by atoms with Gasteiger partial charge in [-0.2, -0.15) is 17.6 Å². The van der Waals surface area contributed by atoms with Gasteiger partial charge in [-0.05, 0) is 30.0 Å². The number of hydrogen-bond donors (Lipinski definition) is 0. The highest BCUT2D eigenvalue weighted by Crippen LogP contribution is 2.36. The second kappa shape index (κ2) is 4.00. The highest BCUT2D eigenvalue weighted by atomic mass is 32.2. The summed E-state index contributed by atoms with van der Waals surface area (Å²) < 4.78 is 47.7. The Balaban J connectivity index is 2.89. The van der Waals surface area contributed by atoms with Crippen molar-refractivity contribution >= 4 is 17.8 Å². The summed E-state index contributed by atoms with van der Waals surface area (Å²) in [6.07, 6.45) is 0. The molecular weight excluding hydrogens is 220 g/mol. The zero-order valence-electron chi connectivity index (χ0n) is 6.64. The van der Waals surface area contributed by atoms with E-state index in [1.807, 2.05) is 0 Å². The maximum atomic E-state index is 12.1. The molecule has 0 N–H and O–H groups in total. The molecule has 0 saturated carbocycles. The van der Waals surface area contributed by atoms with Crippen LogP contribution in [-0.2, 0) is 0 Å². The van der Waals surface area contributed by atoms with E-state index >= 15 is 0 Å². The Labute approximate surface area is 81.1 Å². The summed E-state index contributed by atoms with van der Waals surface area (Å²) in [4.78, 5) is 10.00. The highest BCUT2D eigenvalue weighted by molar-refractivity contribution is 8.00. The largest absolute Gasteiger partial charge is 0.446 e. The number of rotatable bonds is 2. The van der Waals surface area contributed by atoms with Gasteiger partial charge in [0, 0.05) is 4.90 Å². The Morgan fingerprint density at radius 2 is 1.93 bits per heavy atom.